The van der Waals surface area contributed by atoms with Gasteiger partial charge in [-0.05, 0) is 35.7 Å². The Morgan fingerprint density at radius 3 is 2.68 bits per heavy atom. The minimum absolute atomic E-state index is 0. The third-order valence-electron chi connectivity index (χ3n) is 4.52. The van der Waals surface area contributed by atoms with Crippen LogP contribution in [0.2, 0.25) is 0 Å². The van der Waals surface area contributed by atoms with Gasteiger partial charge in [0.05, 0.1) is 5.92 Å². The molecule has 6 heteroatoms. The summed E-state index contributed by atoms with van der Waals surface area (Å²) in [6.07, 6.45) is 1.66. The Labute approximate surface area is 154 Å². The molecule has 1 atom stereocenters. The number of rotatable bonds is 4. The third kappa shape index (κ3) is 4.50. The van der Waals surface area contributed by atoms with E-state index in [2.05, 4.69) is 5.32 Å². The molecule has 1 fully saturated rings. The fourth-order valence-electron chi connectivity index (χ4n) is 3.22. The number of halogens is 1. The number of piperidine rings is 1. The van der Waals surface area contributed by atoms with Crippen molar-refractivity contribution in [1.82, 2.24) is 10.2 Å². The summed E-state index contributed by atoms with van der Waals surface area (Å²) in [7, 11) is 0. The molecule has 3 N–H and O–H groups in total. The maximum Gasteiger partial charge on any atom is 0.253 e. The molecule has 25 heavy (non-hydrogen) atoms. The molecule has 1 saturated heterocycles. The van der Waals surface area contributed by atoms with Crippen molar-refractivity contribution in [2.75, 3.05) is 26.2 Å². The molecular formula is C19H24ClN3O2. The molecule has 0 aliphatic carbocycles. The first kappa shape index (κ1) is 19.2. The molecule has 5 nitrogen and oxygen atoms in total. The number of fused-ring (bicyclic) bond motifs is 1. The summed E-state index contributed by atoms with van der Waals surface area (Å²) in [6.45, 7) is 2.08. The summed E-state index contributed by atoms with van der Waals surface area (Å²) in [5.41, 5.74) is 6.10. The number of benzene rings is 2. The van der Waals surface area contributed by atoms with E-state index in [-0.39, 0.29) is 30.1 Å². The zero-order chi connectivity index (χ0) is 16.9. The van der Waals surface area contributed by atoms with Gasteiger partial charge in [-0.1, -0.05) is 30.3 Å². The highest BCUT2D eigenvalue weighted by Gasteiger charge is 2.28. The third-order valence-corrected chi connectivity index (χ3v) is 4.52. The Balaban J connectivity index is 0.00000225. The van der Waals surface area contributed by atoms with Crippen LogP contribution in [0, 0.1) is 5.92 Å². The lowest BCUT2D eigenvalue weighted by atomic mass is 9.96. The molecule has 0 bridgehead atoms. The predicted octanol–water partition coefficient (Wildman–Crippen LogP) is 2.19. The van der Waals surface area contributed by atoms with Crippen LogP contribution in [0.15, 0.2) is 42.5 Å². The molecule has 1 heterocycles. The van der Waals surface area contributed by atoms with E-state index in [1.165, 1.54) is 0 Å². The number of hydrogen-bond donors (Lipinski definition) is 2. The second kappa shape index (κ2) is 8.83. The number of nitrogens with zero attached hydrogens (tertiary/aromatic N) is 1. The van der Waals surface area contributed by atoms with E-state index >= 15 is 0 Å². The van der Waals surface area contributed by atoms with Crippen LogP contribution in [0.25, 0.3) is 10.8 Å². The van der Waals surface area contributed by atoms with Gasteiger partial charge in [0.15, 0.2) is 0 Å². The number of nitrogens with two attached hydrogens (primary N) is 1. The average molecular weight is 362 g/mol. The number of nitrogens with one attached hydrogen (secondary N) is 1. The molecule has 2 aromatic carbocycles. The fraction of sp³-hybridized carbons (Fsp3) is 0.368. The van der Waals surface area contributed by atoms with Gasteiger partial charge in [0.2, 0.25) is 5.91 Å². The van der Waals surface area contributed by atoms with Crippen molar-refractivity contribution in [3.8, 4) is 0 Å². The largest absolute Gasteiger partial charge is 0.355 e. The lowest BCUT2D eigenvalue weighted by Crippen LogP contribution is -2.46. The first-order chi connectivity index (χ1) is 11.7. The molecule has 0 radical (unpaired) electrons. The van der Waals surface area contributed by atoms with E-state index < -0.39 is 0 Å². The molecule has 1 aliphatic rings. The maximum absolute atomic E-state index is 12.8. The van der Waals surface area contributed by atoms with Gasteiger partial charge in [-0.25, -0.2) is 0 Å². The zero-order valence-corrected chi connectivity index (χ0v) is 14.9. The van der Waals surface area contributed by atoms with Gasteiger partial charge in [-0.15, -0.1) is 12.4 Å². The van der Waals surface area contributed by atoms with E-state index in [0.29, 0.717) is 31.7 Å². The summed E-state index contributed by atoms with van der Waals surface area (Å²) in [5.74, 6) is -0.150. The van der Waals surface area contributed by atoms with Crippen LogP contribution >= 0.6 is 12.4 Å². The Morgan fingerprint density at radius 2 is 1.92 bits per heavy atom. The summed E-state index contributed by atoms with van der Waals surface area (Å²) in [5, 5.41) is 4.99. The topological polar surface area (TPSA) is 75.4 Å². The van der Waals surface area contributed by atoms with E-state index in [9.17, 15) is 9.59 Å². The van der Waals surface area contributed by atoms with Gasteiger partial charge >= 0.3 is 0 Å². The van der Waals surface area contributed by atoms with Crippen molar-refractivity contribution in [2.24, 2.45) is 11.7 Å². The van der Waals surface area contributed by atoms with Crippen molar-refractivity contribution in [1.29, 1.82) is 0 Å². The minimum Gasteiger partial charge on any atom is -0.355 e. The second-order valence-electron chi connectivity index (χ2n) is 6.23. The Morgan fingerprint density at radius 1 is 1.16 bits per heavy atom. The van der Waals surface area contributed by atoms with Gasteiger partial charge < -0.3 is 16.0 Å². The molecule has 1 unspecified atom stereocenters. The number of likely N-dealkylation sites (tertiary alicyclic amines) is 1. The van der Waals surface area contributed by atoms with Gasteiger partial charge in [0.1, 0.15) is 0 Å². The van der Waals surface area contributed by atoms with Crippen LogP contribution in [-0.2, 0) is 4.79 Å². The lowest BCUT2D eigenvalue weighted by Gasteiger charge is -2.32. The number of amides is 2. The quantitative estimate of drug-likeness (QED) is 0.876. The molecule has 2 aromatic rings. The monoisotopic (exact) mass is 361 g/mol. The first-order valence-electron chi connectivity index (χ1n) is 8.45. The number of carbonyl (C=O) groups excluding carboxylic acids is 2. The highest BCUT2D eigenvalue weighted by Crippen LogP contribution is 2.21. The van der Waals surface area contributed by atoms with E-state index in [4.69, 9.17) is 5.73 Å². The molecule has 2 amide bonds. The van der Waals surface area contributed by atoms with Crippen LogP contribution in [0.4, 0.5) is 0 Å². The summed E-state index contributed by atoms with van der Waals surface area (Å²) >= 11 is 0. The standard InChI is InChI=1S/C19H23N3O2.ClH/c20-9-10-21-18(23)17-6-3-11-22(13-17)19(24)16-8-7-14-4-1-2-5-15(14)12-16;/h1-2,4-5,7-8,12,17H,3,6,9-11,13,20H2,(H,21,23);1H. The Bertz CT molecular complexity index is 750. The normalized spacial score (nSPS) is 17.0. The van der Waals surface area contributed by atoms with Crippen molar-refractivity contribution in [3.63, 3.8) is 0 Å². The first-order valence-corrected chi connectivity index (χ1v) is 8.45. The van der Waals surface area contributed by atoms with Crippen LogP contribution in [0.3, 0.4) is 0 Å². The second-order valence-corrected chi connectivity index (χ2v) is 6.23. The van der Waals surface area contributed by atoms with E-state index in [1.807, 2.05) is 42.5 Å². The van der Waals surface area contributed by atoms with Gasteiger partial charge in [0.25, 0.3) is 5.91 Å². The van der Waals surface area contributed by atoms with E-state index in [1.54, 1.807) is 4.90 Å². The SMILES string of the molecule is Cl.NCCNC(=O)C1CCCN(C(=O)c2ccc3ccccc3c2)C1. The summed E-state index contributed by atoms with van der Waals surface area (Å²) in [4.78, 5) is 26.7. The van der Waals surface area contributed by atoms with Crippen LogP contribution in [-0.4, -0.2) is 42.9 Å². The lowest BCUT2D eigenvalue weighted by molar-refractivity contribution is -0.126. The Hall–Kier alpha value is -2.11. The van der Waals surface area contributed by atoms with Crippen molar-refractivity contribution in [2.45, 2.75) is 12.8 Å². The smallest absolute Gasteiger partial charge is 0.253 e. The summed E-state index contributed by atoms with van der Waals surface area (Å²) < 4.78 is 0. The van der Waals surface area contributed by atoms with Crippen LogP contribution < -0.4 is 11.1 Å². The molecule has 3 rings (SSSR count). The molecule has 1 aliphatic heterocycles. The molecular weight excluding hydrogens is 338 g/mol. The Kier molecular flexibility index (Phi) is 6.79. The molecule has 0 saturated carbocycles. The zero-order valence-electron chi connectivity index (χ0n) is 14.1. The molecule has 0 aromatic heterocycles. The van der Waals surface area contributed by atoms with Gasteiger partial charge in [0, 0.05) is 31.7 Å². The van der Waals surface area contributed by atoms with Gasteiger partial charge in [-0.3, -0.25) is 9.59 Å². The predicted molar refractivity (Wildman–Crippen MR) is 102 cm³/mol. The minimum atomic E-state index is -0.144. The van der Waals surface area contributed by atoms with Crippen LogP contribution in [0.1, 0.15) is 23.2 Å². The maximum atomic E-state index is 12.8. The van der Waals surface area contributed by atoms with Gasteiger partial charge in [-0.2, -0.15) is 0 Å². The number of carbonyl (C=O) groups is 2. The highest BCUT2D eigenvalue weighted by molar-refractivity contribution is 5.98. The average Bonchev–Trinajstić information content (AvgIpc) is 2.65. The molecule has 134 valence electrons. The summed E-state index contributed by atoms with van der Waals surface area (Å²) in [6, 6.07) is 13.7. The van der Waals surface area contributed by atoms with Crippen molar-refractivity contribution in [3.05, 3.63) is 48.0 Å². The molecule has 0 spiro atoms. The fourth-order valence-corrected chi connectivity index (χ4v) is 3.22. The van der Waals surface area contributed by atoms with E-state index in [0.717, 1.165) is 23.6 Å². The van der Waals surface area contributed by atoms with Crippen molar-refractivity contribution < 1.29 is 9.59 Å². The van der Waals surface area contributed by atoms with Crippen molar-refractivity contribution >= 4 is 35.0 Å². The highest BCUT2D eigenvalue weighted by atomic mass is 35.5. The number of hydrogen-bond acceptors (Lipinski definition) is 3. The van der Waals surface area contributed by atoms with Crippen LogP contribution in [0.5, 0.6) is 0 Å².